The number of aromatic amines is 1. The number of rotatable bonds is 1. The van der Waals surface area contributed by atoms with Crippen molar-refractivity contribution in [3.05, 3.63) is 46.9 Å². The summed E-state index contributed by atoms with van der Waals surface area (Å²) in [5, 5.41) is 0. The zero-order valence-corrected chi connectivity index (χ0v) is 8.31. The van der Waals surface area contributed by atoms with Crippen molar-refractivity contribution in [2.45, 2.75) is 0 Å². The molecular weight excluding hydrogens is 218 g/mol. The second-order valence-electron chi connectivity index (χ2n) is 2.93. The third-order valence-corrected chi connectivity index (χ3v) is 2.15. The Balaban J connectivity index is 2.64. The van der Waals surface area contributed by atoms with Crippen LogP contribution in [0.1, 0.15) is 0 Å². The average molecular weight is 224 g/mol. The van der Waals surface area contributed by atoms with Crippen LogP contribution in [0.3, 0.4) is 0 Å². The summed E-state index contributed by atoms with van der Waals surface area (Å²) in [5.74, 6) is -1.30. The van der Waals surface area contributed by atoms with Gasteiger partial charge < -0.3 is 4.98 Å². The lowest BCUT2D eigenvalue weighted by molar-refractivity contribution is 0.584. The van der Waals surface area contributed by atoms with Gasteiger partial charge in [0.2, 0.25) is 0 Å². The Labute approximate surface area is 89.6 Å². The Morgan fingerprint density at radius 1 is 1.13 bits per heavy atom. The summed E-state index contributed by atoms with van der Waals surface area (Å²) in [6.45, 7) is 0. The van der Waals surface area contributed by atoms with E-state index in [1.54, 1.807) is 6.20 Å². The predicted octanol–water partition coefficient (Wildman–Crippen LogP) is 3.08. The molecule has 0 fully saturated rings. The van der Waals surface area contributed by atoms with Crippen LogP contribution in [0.2, 0.25) is 0 Å². The Kier molecular flexibility index (Phi) is 2.55. The first-order chi connectivity index (χ1) is 7.16. The quantitative estimate of drug-likeness (QED) is 0.754. The van der Waals surface area contributed by atoms with Crippen molar-refractivity contribution < 1.29 is 8.78 Å². The number of halogens is 2. The van der Waals surface area contributed by atoms with Gasteiger partial charge in [0.05, 0.1) is 0 Å². The van der Waals surface area contributed by atoms with E-state index in [1.165, 1.54) is 18.3 Å². The molecule has 2 rings (SSSR count). The van der Waals surface area contributed by atoms with Crippen LogP contribution in [-0.2, 0) is 0 Å². The summed E-state index contributed by atoms with van der Waals surface area (Å²) < 4.78 is 26.2. The zero-order valence-electron chi connectivity index (χ0n) is 7.50. The van der Waals surface area contributed by atoms with E-state index in [1.807, 2.05) is 0 Å². The van der Waals surface area contributed by atoms with Crippen LogP contribution in [-0.4, -0.2) is 9.97 Å². The summed E-state index contributed by atoms with van der Waals surface area (Å²) in [6.07, 6.45) is 3.04. The summed E-state index contributed by atoms with van der Waals surface area (Å²) in [5.41, 5.74) is 0.695. The Bertz CT molecular complexity index is 531. The minimum atomic E-state index is -0.648. The maximum Gasteiger partial charge on any atom is 0.129 e. The molecule has 15 heavy (non-hydrogen) atoms. The molecule has 5 heteroatoms. The molecule has 0 atom stereocenters. The van der Waals surface area contributed by atoms with Crippen LogP contribution in [0.5, 0.6) is 0 Å². The zero-order chi connectivity index (χ0) is 10.8. The highest BCUT2D eigenvalue weighted by Gasteiger charge is 2.05. The number of nitrogens with one attached hydrogen (secondary N) is 1. The molecule has 2 nitrogen and oxygen atoms in total. The third-order valence-electron chi connectivity index (χ3n) is 1.84. The number of hydrogen-bond donors (Lipinski definition) is 1. The topological polar surface area (TPSA) is 28.7 Å². The Morgan fingerprint density at radius 3 is 2.40 bits per heavy atom. The Hall–Kier alpha value is -1.62. The molecule has 1 aromatic carbocycles. The van der Waals surface area contributed by atoms with E-state index in [0.29, 0.717) is 15.9 Å². The maximum atomic E-state index is 12.9. The van der Waals surface area contributed by atoms with E-state index in [2.05, 4.69) is 9.97 Å². The smallest absolute Gasteiger partial charge is 0.129 e. The number of nitrogens with zero attached hydrogens (tertiary/aromatic N) is 1. The molecule has 0 amide bonds. The van der Waals surface area contributed by atoms with Crippen molar-refractivity contribution in [1.29, 1.82) is 0 Å². The van der Waals surface area contributed by atoms with Crippen molar-refractivity contribution in [2.75, 3.05) is 0 Å². The van der Waals surface area contributed by atoms with E-state index >= 15 is 0 Å². The monoisotopic (exact) mass is 224 g/mol. The lowest BCUT2D eigenvalue weighted by Gasteiger charge is -2.00. The van der Waals surface area contributed by atoms with Gasteiger partial charge in [0.1, 0.15) is 22.0 Å². The minimum absolute atomic E-state index is 0.328. The van der Waals surface area contributed by atoms with Crippen LogP contribution in [0.4, 0.5) is 8.78 Å². The molecule has 76 valence electrons. The molecule has 1 N–H and O–H groups in total. The molecule has 0 unspecified atom stereocenters. The molecule has 0 bridgehead atoms. The molecule has 1 aromatic heterocycles. The van der Waals surface area contributed by atoms with Crippen molar-refractivity contribution in [3.8, 4) is 11.3 Å². The van der Waals surface area contributed by atoms with Gasteiger partial charge in [-0.05, 0) is 12.1 Å². The molecule has 1 heterocycles. The van der Waals surface area contributed by atoms with Gasteiger partial charge in [-0.3, -0.25) is 4.98 Å². The highest BCUT2D eigenvalue weighted by molar-refractivity contribution is 7.71. The molecule has 0 aliphatic rings. The van der Waals surface area contributed by atoms with Crippen LogP contribution in [0, 0.1) is 16.3 Å². The highest BCUT2D eigenvalue weighted by atomic mass is 32.1. The summed E-state index contributed by atoms with van der Waals surface area (Å²) in [6, 6.07) is 3.18. The number of aromatic nitrogens is 2. The van der Waals surface area contributed by atoms with Gasteiger partial charge in [0.25, 0.3) is 0 Å². The van der Waals surface area contributed by atoms with Gasteiger partial charge >= 0.3 is 0 Å². The van der Waals surface area contributed by atoms with Gasteiger partial charge in [-0.15, -0.1) is 0 Å². The van der Waals surface area contributed by atoms with Gasteiger partial charge in [0, 0.05) is 24.0 Å². The molecule has 0 saturated heterocycles. The normalized spacial score (nSPS) is 10.3. The summed E-state index contributed by atoms with van der Waals surface area (Å²) in [7, 11) is 0. The number of hydrogen-bond acceptors (Lipinski definition) is 2. The fourth-order valence-corrected chi connectivity index (χ4v) is 1.49. The second-order valence-corrected chi connectivity index (χ2v) is 3.33. The van der Waals surface area contributed by atoms with Gasteiger partial charge in [-0.1, -0.05) is 12.2 Å². The maximum absolute atomic E-state index is 12.9. The van der Waals surface area contributed by atoms with Gasteiger partial charge in [-0.25, -0.2) is 8.78 Å². The first kappa shape index (κ1) is 9.92. The van der Waals surface area contributed by atoms with E-state index in [4.69, 9.17) is 12.2 Å². The standard InChI is InChI=1S/C10H6F2N2S/c11-7-3-6(4-8(12)5-7)9-10(15)14-2-1-13-9/h1-5H,(H,14,15). The largest absolute Gasteiger partial charge is 0.350 e. The lowest BCUT2D eigenvalue weighted by atomic mass is 10.1. The fourth-order valence-electron chi connectivity index (χ4n) is 1.25. The van der Waals surface area contributed by atoms with Gasteiger partial charge in [-0.2, -0.15) is 0 Å². The predicted molar refractivity (Wildman–Crippen MR) is 54.8 cm³/mol. The average Bonchev–Trinajstić information content (AvgIpc) is 2.16. The second kappa shape index (κ2) is 3.86. The number of H-pyrrole nitrogens is 1. The lowest BCUT2D eigenvalue weighted by Crippen LogP contribution is -1.89. The van der Waals surface area contributed by atoms with Crippen molar-refractivity contribution in [3.63, 3.8) is 0 Å². The number of benzene rings is 1. The molecule has 0 saturated carbocycles. The van der Waals surface area contributed by atoms with Crippen molar-refractivity contribution in [1.82, 2.24) is 9.97 Å². The van der Waals surface area contributed by atoms with E-state index in [9.17, 15) is 8.78 Å². The molecule has 2 aromatic rings. The van der Waals surface area contributed by atoms with Crippen LogP contribution in [0.25, 0.3) is 11.3 Å². The summed E-state index contributed by atoms with van der Waals surface area (Å²) in [4.78, 5) is 6.71. The highest BCUT2D eigenvalue weighted by Crippen LogP contribution is 2.19. The molecule has 0 radical (unpaired) electrons. The van der Waals surface area contributed by atoms with Crippen LogP contribution in [0.15, 0.2) is 30.6 Å². The molecular formula is C10H6F2N2S. The van der Waals surface area contributed by atoms with E-state index in [-0.39, 0.29) is 0 Å². The van der Waals surface area contributed by atoms with Crippen molar-refractivity contribution >= 4 is 12.2 Å². The first-order valence-electron chi connectivity index (χ1n) is 4.17. The van der Waals surface area contributed by atoms with Crippen molar-refractivity contribution in [2.24, 2.45) is 0 Å². The SMILES string of the molecule is Fc1cc(F)cc(-c2ncc[nH]c2=S)c1. The first-order valence-corrected chi connectivity index (χ1v) is 4.58. The minimum Gasteiger partial charge on any atom is -0.350 e. The van der Waals surface area contributed by atoms with Gasteiger partial charge in [0.15, 0.2) is 0 Å². The van der Waals surface area contributed by atoms with Crippen LogP contribution < -0.4 is 0 Å². The van der Waals surface area contributed by atoms with E-state index in [0.717, 1.165) is 6.07 Å². The molecule has 0 spiro atoms. The third kappa shape index (κ3) is 2.07. The molecule has 0 aliphatic carbocycles. The summed E-state index contributed by atoms with van der Waals surface area (Å²) >= 11 is 4.96. The fraction of sp³-hybridized carbons (Fsp3) is 0. The Morgan fingerprint density at radius 2 is 1.80 bits per heavy atom. The molecule has 0 aliphatic heterocycles. The van der Waals surface area contributed by atoms with Crippen LogP contribution >= 0.6 is 12.2 Å². The van der Waals surface area contributed by atoms with E-state index < -0.39 is 11.6 Å².